The van der Waals surface area contributed by atoms with Gasteiger partial charge in [0, 0.05) is 12.6 Å². The second kappa shape index (κ2) is 5.91. The Labute approximate surface area is 98.8 Å². The van der Waals surface area contributed by atoms with Crippen LogP contribution in [0.3, 0.4) is 0 Å². The molecule has 0 aliphatic carbocycles. The molecule has 1 rings (SSSR count). The summed E-state index contributed by atoms with van der Waals surface area (Å²) in [6.07, 6.45) is -4.29. The third-order valence-corrected chi connectivity index (χ3v) is 2.11. The van der Waals surface area contributed by atoms with Gasteiger partial charge in [-0.1, -0.05) is 13.8 Å². The number of alkyl halides is 3. The lowest BCUT2D eigenvalue weighted by atomic mass is 10.2. The van der Waals surface area contributed by atoms with Gasteiger partial charge in [-0.3, -0.25) is 0 Å². The van der Waals surface area contributed by atoms with Crippen molar-refractivity contribution < 1.29 is 17.9 Å². The van der Waals surface area contributed by atoms with E-state index in [1.807, 2.05) is 13.8 Å². The van der Waals surface area contributed by atoms with E-state index in [1.54, 1.807) is 0 Å². The minimum Gasteiger partial charge on any atom is -0.492 e. The van der Waals surface area contributed by atoms with E-state index >= 15 is 0 Å². The van der Waals surface area contributed by atoms with Gasteiger partial charge in [-0.15, -0.1) is 0 Å². The molecule has 0 heterocycles. The number of hydrogen-bond acceptors (Lipinski definition) is 2. The molecule has 0 amide bonds. The van der Waals surface area contributed by atoms with E-state index < -0.39 is 11.7 Å². The molecule has 2 nitrogen and oxygen atoms in total. The highest BCUT2D eigenvalue weighted by atomic mass is 19.4. The first-order valence-corrected chi connectivity index (χ1v) is 5.43. The predicted molar refractivity (Wildman–Crippen MR) is 60.1 cm³/mol. The Bertz CT molecular complexity index is 333. The van der Waals surface area contributed by atoms with Crippen LogP contribution in [0, 0.1) is 0 Å². The van der Waals surface area contributed by atoms with Crippen molar-refractivity contribution in [2.24, 2.45) is 0 Å². The van der Waals surface area contributed by atoms with Crippen molar-refractivity contribution >= 4 is 0 Å². The lowest BCUT2D eigenvalue weighted by Crippen LogP contribution is -2.27. The van der Waals surface area contributed by atoms with Crippen molar-refractivity contribution in [1.82, 2.24) is 5.32 Å². The maximum absolute atomic E-state index is 12.3. The third kappa shape index (κ3) is 5.08. The predicted octanol–water partition coefficient (Wildman–Crippen LogP) is 3.08. The lowest BCUT2D eigenvalue weighted by Gasteiger charge is -2.11. The van der Waals surface area contributed by atoms with Crippen LogP contribution in [0.25, 0.3) is 0 Å². The van der Waals surface area contributed by atoms with E-state index in [0.29, 0.717) is 24.9 Å². The van der Waals surface area contributed by atoms with Gasteiger partial charge < -0.3 is 10.1 Å². The van der Waals surface area contributed by atoms with Crippen LogP contribution < -0.4 is 10.1 Å². The van der Waals surface area contributed by atoms with Crippen molar-refractivity contribution in [2.45, 2.75) is 26.1 Å². The van der Waals surface area contributed by atoms with Crippen LogP contribution in [-0.4, -0.2) is 19.2 Å². The normalized spacial score (nSPS) is 11.9. The number of halogens is 3. The highest BCUT2D eigenvalue weighted by Crippen LogP contribution is 2.30. The van der Waals surface area contributed by atoms with Crippen LogP contribution in [-0.2, 0) is 6.18 Å². The van der Waals surface area contributed by atoms with Crippen molar-refractivity contribution in [3.05, 3.63) is 29.8 Å². The molecule has 17 heavy (non-hydrogen) atoms. The molecule has 0 spiro atoms. The molecule has 5 heteroatoms. The molecular formula is C12H16F3NO. The van der Waals surface area contributed by atoms with Crippen LogP contribution in [0.1, 0.15) is 19.4 Å². The summed E-state index contributed by atoms with van der Waals surface area (Å²) in [5, 5.41) is 3.15. The molecule has 0 fully saturated rings. The Kier molecular flexibility index (Phi) is 4.81. The van der Waals surface area contributed by atoms with Crippen molar-refractivity contribution in [3.8, 4) is 5.75 Å². The van der Waals surface area contributed by atoms with E-state index in [4.69, 9.17) is 4.74 Å². The van der Waals surface area contributed by atoms with Gasteiger partial charge in [0.1, 0.15) is 12.4 Å². The summed E-state index contributed by atoms with van der Waals surface area (Å²) in [6.45, 7) is 5.12. The van der Waals surface area contributed by atoms with Gasteiger partial charge in [0.25, 0.3) is 0 Å². The highest BCUT2D eigenvalue weighted by Gasteiger charge is 2.29. The van der Waals surface area contributed by atoms with Gasteiger partial charge in [-0.25, -0.2) is 0 Å². The van der Waals surface area contributed by atoms with Crippen LogP contribution in [0.15, 0.2) is 24.3 Å². The fourth-order valence-corrected chi connectivity index (χ4v) is 1.26. The summed E-state index contributed by atoms with van der Waals surface area (Å²) >= 11 is 0. The summed E-state index contributed by atoms with van der Waals surface area (Å²) in [7, 11) is 0. The Morgan fingerprint density at radius 1 is 1.18 bits per heavy atom. The van der Waals surface area contributed by atoms with Crippen molar-refractivity contribution in [1.29, 1.82) is 0 Å². The molecule has 0 radical (unpaired) electrons. The smallest absolute Gasteiger partial charge is 0.416 e. The topological polar surface area (TPSA) is 21.3 Å². The van der Waals surface area contributed by atoms with Gasteiger partial charge in [0.15, 0.2) is 0 Å². The van der Waals surface area contributed by atoms with Crippen molar-refractivity contribution in [2.75, 3.05) is 13.2 Å². The third-order valence-electron chi connectivity index (χ3n) is 2.11. The quantitative estimate of drug-likeness (QED) is 0.807. The van der Waals surface area contributed by atoms with Crippen LogP contribution in [0.5, 0.6) is 5.75 Å². The van der Waals surface area contributed by atoms with Gasteiger partial charge in [-0.2, -0.15) is 13.2 Å². The molecule has 0 saturated heterocycles. The summed E-state index contributed by atoms with van der Waals surface area (Å²) < 4.78 is 42.1. The Morgan fingerprint density at radius 3 is 2.24 bits per heavy atom. The largest absolute Gasteiger partial charge is 0.492 e. The first-order chi connectivity index (χ1) is 7.89. The zero-order chi connectivity index (χ0) is 12.9. The highest BCUT2D eigenvalue weighted by molar-refractivity contribution is 5.28. The maximum Gasteiger partial charge on any atom is 0.416 e. The number of hydrogen-bond donors (Lipinski definition) is 1. The Morgan fingerprint density at radius 2 is 1.76 bits per heavy atom. The zero-order valence-corrected chi connectivity index (χ0v) is 9.84. The maximum atomic E-state index is 12.3. The second-order valence-electron chi connectivity index (χ2n) is 3.98. The van der Waals surface area contributed by atoms with Gasteiger partial charge >= 0.3 is 6.18 Å². The SMILES string of the molecule is CC(C)NCCOc1ccc(C(F)(F)F)cc1. The fraction of sp³-hybridized carbons (Fsp3) is 0.500. The standard InChI is InChI=1S/C12H16F3NO/c1-9(2)16-7-8-17-11-5-3-10(4-6-11)12(13,14)15/h3-6,9,16H,7-8H2,1-2H3. The molecule has 0 aromatic heterocycles. The number of ether oxygens (including phenoxy) is 1. The molecule has 0 atom stereocenters. The molecule has 0 saturated carbocycles. The van der Waals surface area contributed by atoms with E-state index in [9.17, 15) is 13.2 Å². The summed E-state index contributed by atoms with van der Waals surface area (Å²) in [6, 6.07) is 5.07. The average molecular weight is 247 g/mol. The fourth-order valence-electron chi connectivity index (χ4n) is 1.26. The first kappa shape index (κ1) is 13.8. The summed E-state index contributed by atoms with van der Waals surface area (Å²) in [5.41, 5.74) is -0.662. The Balaban J connectivity index is 2.41. The summed E-state index contributed by atoms with van der Waals surface area (Å²) in [5.74, 6) is 0.448. The van der Waals surface area contributed by atoms with Crippen LogP contribution in [0.4, 0.5) is 13.2 Å². The van der Waals surface area contributed by atoms with Crippen LogP contribution in [0.2, 0.25) is 0 Å². The van der Waals surface area contributed by atoms with Crippen molar-refractivity contribution in [3.63, 3.8) is 0 Å². The number of rotatable bonds is 5. The minimum absolute atomic E-state index is 0.367. The van der Waals surface area contributed by atoms with Gasteiger partial charge in [0.05, 0.1) is 5.56 Å². The molecule has 0 aliphatic rings. The molecule has 0 bridgehead atoms. The van der Waals surface area contributed by atoms with E-state index in [2.05, 4.69) is 5.32 Å². The molecule has 1 aromatic rings. The molecule has 1 aromatic carbocycles. The summed E-state index contributed by atoms with van der Waals surface area (Å²) in [4.78, 5) is 0. The number of nitrogens with one attached hydrogen (secondary N) is 1. The van der Waals surface area contributed by atoms with Crippen LogP contribution >= 0.6 is 0 Å². The van der Waals surface area contributed by atoms with Gasteiger partial charge in [-0.05, 0) is 24.3 Å². The lowest BCUT2D eigenvalue weighted by molar-refractivity contribution is -0.137. The second-order valence-corrected chi connectivity index (χ2v) is 3.98. The zero-order valence-electron chi connectivity index (χ0n) is 9.84. The monoisotopic (exact) mass is 247 g/mol. The van der Waals surface area contributed by atoms with E-state index in [-0.39, 0.29) is 0 Å². The first-order valence-electron chi connectivity index (χ1n) is 5.43. The van der Waals surface area contributed by atoms with Gasteiger partial charge in [0.2, 0.25) is 0 Å². The number of benzene rings is 1. The molecule has 1 N–H and O–H groups in total. The van der Waals surface area contributed by atoms with E-state index in [0.717, 1.165) is 12.1 Å². The molecular weight excluding hydrogens is 231 g/mol. The van der Waals surface area contributed by atoms with E-state index in [1.165, 1.54) is 12.1 Å². The molecule has 0 unspecified atom stereocenters. The average Bonchev–Trinajstić information content (AvgIpc) is 2.23. The molecule has 96 valence electrons. The molecule has 0 aliphatic heterocycles. The minimum atomic E-state index is -4.29. The Hall–Kier alpha value is -1.23.